The van der Waals surface area contributed by atoms with E-state index >= 15 is 0 Å². The first kappa shape index (κ1) is 21.2. The summed E-state index contributed by atoms with van der Waals surface area (Å²) in [6, 6.07) is 17.6. The molecular weight excluding hydrogens is 406 g/mol. The lowest BCUT2D eigenvalue weighted by atomic mass is 9.87. The Bertz CT molecular complexity index is 1330. The zero-order chi connectivity index (χ0) is 23.0. The topological polar surface area (TPSA) is 98.3 Å². The third-order valence-corrected chi connectivity index (χ3v) is 5.30. The van der Waals surface area contributed by atoms with E-state index in [1.807, 2.05) is 12.1 Å². The second kappa shape index (κ2) is 7.92. The summed E-state index contributed by atoms with van der Waals surface area (Å²) in [7, 11) is 0. The second-order valence-electron chi connectivity index (χ2n) is 8.74. The molecule has 0 saturated heterocycles. The summed E-state index contributed by atoms with van der Waals surface area (Å²) >= 11 is 0. The minimum absolute atomic E-state index is 0.0198. The van der Waals surface area contributed by atoms with Crippen molar-refractivity contribution in [3.05, 3.63) is 87.5 Å². The molecule has 0 radical (unpaired) electrons. The number of nitrogens with zero attached hydrogens (tertiary/aromatic N) is 2. The van der Waals surface area contributed by atoms with Crippen LogP contribution in [0.4, 0.5) is 11.4 Å². The standard InChI is InChI=1S/C25H23N3O4/c1-15-13-17(7-11-21(15)28(30)31)23(29)26-19-10-12-22-20(14-19)27-24(32-22)16-5-8-18(9-6-16)25(2,3)4/h5-14H,1-4H3,(H,26,29). The van der Waals surface area contributed by atoms with Crippen molar-refractivity contribution < 1.29 is 14.1 Å². The molecule has 7 nitrogen and oxygen atoms in total. The molecule has 4 aromatic rings. The van der Waals surface area contributed by atoms with Gasteiger partial charge in [-0.15, -0.1) is 0 Å². The smallest absolute Gasteiger partial charge is 0.272 e. The number of aryl methyl sites for hydroxylation is 1. The number of nitrogens with one attached hydrogen (secondary N) is 1. The largest absolute Gasteiger partial charge is 0.436 e. The summed E-state index contributed by atoms with van der Waals surface area (Å²) in [4.78, 5) is 27.7. The first-order chi connectivity index (χ1) is 15.1. The molecule has 0 spiro atoms. The van der Waals surface area contributed by atoms with Crippen molar-refractivity contribution >= 4 is 28.4 Å². The Balaban J connectivity index is 1.56. The molecule has 1 aromatic heterocycles. The molecular formula is C25H23N3O4. The van der Waals surface area contributed by atoms with Crippen LogP contribution >= 0.6 is 0 Å². The Morgan fingerprint density at radius 1 is 1.03 bits per heavy atom. The van der Waals surface area contributed by atoms with Crippen LogP contribution in [-0.4, -0.2) is 15.8 Å². The fraction of sp³-hybridized carbons (Fsp3) is 0.200. The molecule has 0 atom stereocenters. The molecule has 0 aliphatic heterocycles. The number of hydrogen-bond acceptors (Lipinski definition) is 5. The highest BCUT2D eigenvalue weighted by molar-refractivity contribution is 6.05. The van der Waals surface area contributed by atoms with Crippen LogP contribution in [0.2, 0.25) is 0 Å². The highest BCUT2D eigenvalue weighted by Crippen LogP contribution is 2.29. The van der Waals surface area contributed by atoms with Crippen LogP contribution < -0.4 is 5.32 Å². The molecule has 1 N–H and O–H groups in total. The van der Waals surface area contributed by atoms with Crippen LogP contribution in [0.1, 0.15) is 42.3 Å². The Labute approximate surface area is 185 Å². The molecule has 0 aliphatic carbocycles. The number of aromatic nitrogens is 1. The Morgan fingerprint density at radius 3 is 2.38 bits per heavy atom. The van der Waals surface area contributed by atoms with Gasteiger partial charge in [0.25, 0.3) is 11.6 Å². The van der Waals surface area contributed by atoms with E-state index in [-0.39, 0.29) is 17.0 Å². The van der Waals surface area contributed by atoms with Gasteiger partial charge in [-0.1, -0.05) is 32.9 Å². The molecule has 162 valence electrons. The van der Waals surface area contributed by atoms with Gasteiger partial charge < -0.3 is 9.73 Å². The van der Waals surface area contributed by atoms with E-state index in [1.54, 1.807) is 25.1 Å². The minimum atomic E-state index is -0.468. The second-order valence-corrected chi connectivity index (χ2v) is 8.74. The molecule has 0 fully saturated rings. The Hall–Kier alpha value is -4.00. The van der Waals surface area contributed by atoms with Gasteiger partial charge in [0.15, 0.2) is 5.58 Å². The first-order valence-corrected chi connectivity index (χ1v) is 10.2. The maximum absolute atomic E-state index is 12.6. The number of carbonyl (C=O) groups excluding carboxylic acids is 1. The number of amides is 1. The summed E-state index contributed by atoms with van der Waals surface area (Å²) in [5.74, 6) is 0.152. The maximum Gasteiger partial charge on any atom is 0.272 e. The van der Waals surface area contributed by atoms with E-state index in [4.69, 9.17) is 4.42 Å². The van der Waals surface area contributed by atoms with Gasteiger partial charge in [-0.3, -0.25) is 14.9 Å². The number of anilines is 1. The zero-order valence-electron chi connectivity index (χ0n) is 18.3. The number of hydrogen-bond donors (Lipinski definition) is 1. The van der Waals surface area contributed by atoms with Crippen molar-refractivity contribution in [2.75, 3.05) is 5.32 Å². The normalized spacial score (nSPS) is 11.5. The van der Waals surface area contributed by atoms with Crippen molar-refractivity contribution in [2.24, 2.45) is 0 Å². The van der Waals surface area contributed by atoms with E-state index in [0.717, 1.165) is 5.56 Å². The van der Waals surface area contributed by atoms with Crippen molar-refractivity contribution in [1.29, 1.82) is 0 Å². The number of benzene rings is 3. The summed E-state index contributed by atoms with van der Waals surface area (Å²) in [6.07, 6.45) is 0. The zero-order valence-corrected chi connectivity index (χ0v) is 18.3. The summed E-state index contributed by atoms with van der Waals surface area (Å²) in [5, 5.41) is 13.8. The van der Waals surface area contributed by atoms with Crippen LogP contribution in [0.15, 0.2) is 65.1 Å². The van der Waals surface area contributed by atoms with Crippen LogP contribution in [-0.2, 0) is 5.41 Å². The SMILES string of the molecule is Cc1cc(C(=O)Nc2ccc3oc(-c4ccc(C(C)(C)C)cc4)nc3c2)ccc1[N+](=O)[O-]. The number of carbonyl (C=O) groups is 1. The fourth-order valence-electron chi connectivity index (χ4n) is 3.45. The van der Waals surface area contributed by atoms with Crippen molar-refractivity contribution in [3.8, 4) is 11.5 Å². The highest BCUT2D eigenvalue weighted by atomic mass is 16.6. The molecule has 0 aliphatic rings. The van der Waals surface area contributed by atoms with Crippen molar-refractivity contribution in [2.45, 2.75) is 33.1 Å². The van der Waals surface area contributed by atoms with Gasteiger partial charge in [0.2, 0.25) is 5.89 Å². The van der Waals surface area contributed by atoms with Gasteiger partial charge in [-0.05, 0) is 60.4 Å². The Kier molecular flexibility index (Phi) is 5.26. The van der Waals surface area contributed by atoms with Gasteiger partial charge in [0, 0.05) is 28.4 Å². The van der Waals surface area contributed by atoms with E-state index in [2.05, 4.69) is 43.2 Å². The van der Waals surface area contributed by atoms with Gasteiger partial charge >= 0.3 is 0 Å². The number of oxazole rings is 1. The molecule has 4 rings (SSSR count). The van der Waals surface area contributed by atoms with Gasteiger partial charge in [-0.2, -0.15) is 0 Å². The van der Waals surface area contributed by atoms with Crippen LogP contribution in [0, 0.1) is 17.0 Å². The van der Waals surface area contributed by atoms with E-state index in [1.165, 1.54) is 23.8 Å². The molecule has 1 amide bonds. The molecule has 0 unspecified atom stereocenters. The van der Waals surface area contributed by atoms with Crippen LogP contribution in [0.5, 0.6) is 0 Å². The van der Waals surface area contributed by atoms with Gasteiger partial charge in [-0.25, -0.2) is 4.98 Å². The van der Waals surface area contributed by atoms with Crippen LogP contribution in [0.3, 0.4) is 0 Å². The predicted molar refractivity (Wildman–Crippen MR) is 124 cm³/mol. The molecule has 0 bridgehead atoms. The lowest BCUT2D eigenvalue weighted by Crippen LogP contribution is -2.12. The van der Waals surface area contributed by atoms with Gasteiger partial charge in [0.1, 0.15) is 5.52 Å². The summed E-state index contributed by atoms with van der Waals surface area (Å²) in [6.45, 7) is 8.09. The van der Waals surface area contributed by atoms with Crippen molar-refractivity contribution in [1.82, 2.24) is 4.98 Å². The van der Waals surface area contributed by atoms with Gasteiger partial charge in [0.05, 0.1) is 4.92 Å². The summed E-state index contributed by atoms with van der Waals surface area (Å²) < 4.78 is 5.89. The van der Waals surface area contributed by atoms with E-state index < -0.39 is 4.92 Å². The average Bonchev–Trinajstić information content (AvgIpc) is 3.16. The quantitative estimate of drug-likeness (QED) is 0.305. The van der Waals surface area contributed by atoms with E-state index in [9.17, 15) is 14.9 Å². The minimum Gasteiger partial charge on any atom is -0.436 e. The third-order valence-electron chi connectivity index (χ3n) is 5.30. The van der Waals surface area contributed by atoms with Crippen LogP contribution in [0.25, 0.3) is 22.6 Å². The summed E-state index contributed by atoms with van der Waals surface area (Å²) in [5.41, 5.74) is 4.71. The monoisotopic (exact) mass is 429 g/mol. The number of fused-ring (bicyclic) bond motifs is 1. The fourth-order valence-corrected chi connectivity index (χ4v) is 3.45. The number of nitro benzene ring substituents is 1. The molecule has 0 saturated carbocycles. The highest BCUT2D eigenvalue weighted by Gasteiger charge is 2.16. The molecule has 7 heteroatoms. The van der Waals surface area contributed by atoms with Crippen molar-refractivity contribution in [3.63, 3.8) is 0 Å². The maximum atomic E-state index is 12.6. The molecule has 1 heterocycles. The van der Waals surface area contributed by atoms with E-state index in [0.29, 0.717) is 33.8 Å². The predicted octanol–water partition coefficient (Wildman–Crippen LogP) is 6.26. The Morgan fingerprint density at radius 2 is 1.75 bits per heavy atom. The lowest BCUT2D eigenvalue weighted by molar-refractivity contribution is -0.385. The average molecular weight is 429 g/mol. The first-order valence-electron chi connectivity index (χ1n) is 10.2. The molecule has 32 heavy (non-hydrogen) atoms. The lowest BCUT2D eigenvalue weighted by Gasteiger charge is -2.18. The molecule has 3 aromatic carbocycles. The number of rotatable bonds is 4. The number of nitro groups is 1. The third kappa shape index (κ3) is 4.23.